The number of nitrogens with two attached hydrogens (primary N) is 1. The van der Waals surface area contributed by atoms with Crippen LogP contribution in [0.4, 0.5) is 0 Å². The van der Waals surface area contributed by atoms with Gasteiger partial charge in [0, 0.05) is 32.8 Å². The summed E-state index contributed by atoms with van der Waals surface area (Å²) in [5.41, 5.74) is 8.48. The standard InChI is InChI=1S/C13H20N2O.ClH/c1-16-10-12-4-2-3-11(7-12)8-15-6-5-13(14)9-15;/h2-4,7,13H,5-6,8-10,14H2,1H3;1H. The molecule has 1 aromatic rings. The normalized spacial score (nSPS) is 20.2. The second-order valence-electron chi connectivity index (χ2n) is 4.54. The zero-order valence-electron chi connectivity index (χ0n) is 10.3. The summed E-state index contributed by atoms with van der Waals surface area (Å²) >= 11 is 0. The van der Waals surface area contributed by atoms with Crippen molar-refractivity contribution in [2.24, 2.45) is 5.73 Å². The summed E-state index contributed by atoms with van der Waals surface area (Å²) in [5.74, 6) is 0. The number of hydrogen-bond acceptors (Lipinski definition) is 3. The molecule has 2 rings (SSSR count). The van der Waals surface area contributed by atoms with Crippen molar-refractivity contribution in [1.29, 1.82) is 0 Å². The summed E-state index contributed by atoms with van der Waals surface area (Å²) < 4.78 is 5.14. The van der Waals surface area contributed by atoms with Crippen LogP contribution in [-0.2, 0) is 17.9 Å². The third-order valence-corrected chi connectivity index (χ3v) is 3.02. The maximum Gasteiger partial charge on any atom is 0.0713 e. The minimum Gasteiger partial charge on any atom is -0.380 e. The van der Waals surface area contributed by atoms with Crippen LogP contribution < -0.4 is 5.73 Å². The molecule has 3 nitrogen and oxygen atoms in total. The van der Waals surface area contributed by atoms with Crippen LogP contribution in [0.3, 0.4) is 0 Å². The maximum atomic E-state index is 5.89. The quantitative estimate of drug-likeness (QED) is 0.893. The monoisotopic (exact) mass is 256 g/mol. The van der Waals surface area contributed by atoms with Gasteiger partial charge in [-0.1, -0.05) is 24.3 Å². The first-order valence-electron chi connectivity index (χ1n) is 5.82. The highest BCUT2D eigenvalue weighted by molar-refractivity contribution is 5.85. The molecule has 1 saturated heterocycles. The van der Waals surface area contributed by atoms with Gasteiger partial charge in [0.25, 0.3) is 0 Å². The van der Waals surface area contributed by atoms with Gasteiger partial charge in [-0.3, -0.25) is 4.90 Å². The first-order chi connectivity index (χ1) is 7.78. The van der Waals surface area contributed by atoms with Crippen LogP contribution in [0.2, 0.25) is 0 Å². The Morgan fingerprint density at radius 1 is 1.41 bits per heavy atom. The van der Waals surface area contributed by atoms with Gasteiger partial charge in [0.1, 0.15) is 0 Å². The predicted octanol–water partition coefficient (Wildman–Crippen LogP) is 1.79. The van der Waals surface area contributed by atoms with Crippen molar-refractivity contribution in [2.45, 2.75) is 25.6 Å². The van der Waals surface area contributed by atoms with Gasteiger partial charge in [-0.15, -0.1) is 12.4 Å². The topological polar surface area (TPSA) is 38.5 Å². The largest absolute Gasteiger partial charge is 0.380 e. The van der Waals surface area contributed by atoms with Crippen molar-refractivity contribution in [1.82, 2.24) is 4.90 Å². The molecule has 1 aliphatic heterocycles. The molecule has 1 atom stereocenters. The summed E-state index contributed by atoms with van der Waals surface area (Å²) in [5, 5.41) is 0. The van der Waals surface area contributed by atoms with E-state index in [1.807, 2.05) is 0 Å². The number of benzene rings is 1. The summed E-state index contributed by atoms with van der Waals surface area (Å²) in [6.07, 6.45) is 1.12. The molecule has 96 valence electrons. The van der Waals surface area contributed by atoms with E-state index in [1.54, 1.807) is 7.11 Å². The van der Waals surface area contributed by atoms with Gasteiger partial charge >= 0.3 is 0 Å². The van der Waals surface area contributed by atoms with E-state index in [0.29, 0.717) is 12.6 Å². The molecule has 0 bridgehead atoms. The SMILES string of the molecule is COCc1cccc(CN2CCC(N)C2)c1.Cl. The van der Waals surface area contributed by atoms with Crippen molar-refractivity contribution in [2.75, 3.05) is 20.2 Å². The molecule has 0 spiro atoms. The summed E-state index contributed by atoms with van der Waals surface area (Å²) in [6, 6.07) is 8.95. The molecule has 0 radical (unpaired) electrons. The Morgan fingerprint density at radius 2 is 2.18 bits per heavy atom. The predicted molar refractivity (Wildman–Crippen MR) is 72.3 cm³/mol. The fourth-order valence-electron chi connectivity index (χ4n) is 2.25. The molecule has 17 heavy (non-hydrogen) atoms. The van der Waals surface area contributed by atoms with Crippen LogP contribution in [0, 0.1) is 0 Å². The Bertz CT molecular complexity index is 346. The molecule has 1 aliphatic rings. The lowest BCUT2D eigenvalue weighted by Crippen LogP contribution is -2.26. The lowest BCUT2D eigenvalue weighted by molar-refractivity contribution is 0.184. The molecule has 0 saturated carbocycles. The fourth-order valence-corrected chi connectivity index (χ4v) is 2.25. The molecule has 0 amide bonds. The molecular weight excluding hydrogens is 236 g/mol. The highest BCUT2D eigenvalue weighted by Crippen LogP contribution is 2.13. The van der Waals surface area contributed by atoms with Crippen LogP contribution in [0.1, 0.15) is 17.5 Å². The molecule has 4 heteroatoms. The Hall–Kier alpha value is -0.610. The van der Waals surface area contributed by atoms with Crippen LogP contribution >= 0.6 is 12.4 Å². The number of ether oxygens (including phenoxy) is 1. The van der Waals surface area contributed by atoms with Gasteiger partial charge in [-0.25, -0.2) is 0 Å². The van der Waals surface area contributed by atoms with E-state index >= 15 is 0 Å². The van der Waals surface area contributed by atoms with Gasteiger partial charge in [0.2, 0.25) is 0 Å². The van der Waals surface area contributed by atoms with Crippen molar-refractivity contribution in [3.8, 4) is 0 Å². The zero-order chi connectivity index (χ0) is 11.4. The number of rotatable bonds is 4. The van der Waals surface area contributed by atoms with E-state index in [1.165, 1.54) is 11.1 Å². The fraction of sp³-hybridized carbons (Fsp3) is 0.538. The molecular formula is C13H21ClN2O. The smallest absolute Gasteiger partial charge is 0.0713 e. The van der Waals surface area contributed by atoms with E-state index < -0.39 is 0 Å². The molecule has 1 unspecified atom stereocenters. The lowest BCUT2D eigenvalue weighted by atomic mass is 10.1. The van der Waals surface area contributed by atoms with E-state index in [-0.39, 0.29) is 12.4 Å². The number of methoxy groups -OCH3 is 1. The van der Waals surface area contributed by atoms with E-state index in [4.69, 9.17) is 10.5 Å². The van der Waals surface area contributed by atoms with Crippen LogP contribution in [-0.4, -0.2) is 31.1 Å². The van der Waals surface area contributed by atoms with Gasteiger partial charge in [0.15, 0.2) is 0 Å². The molecule has 0 aromatic heterocycles. The number of halogens is 1. The maximum absolute atomic E-state index is 5.89. The van der Waals surface area contributed by atoms with Gasteiger partial charge in [0.05, 0.1) is 6.61 Å². The molecule has 1 heterocycles. The highest BCUT2D eigenvalue weighted by Gasteiger charge is 2.18. The van der Waals surface area contributed by atoms with Crippen molar-refractivity contribution in [3.05, 3.63) is 35.4 Å². The Balaban J connectivity index is 0.00000144. The third kappa shape index (κ3) is 4.28. The second kappa shape index (κ2) is 6.97. The third-order valence-electron chi connectivity index (χ3n) is 3.02. The number of nitrogens with zero attached hydrogens (tertiary/aromatic N) is 1. The van der Waals surface area contributed by atoms with Gasteiger partial charge in [-0.05, 0) is 17.5 Å². The first kappa shape index (κ1) is 14.5. The first-order valence-corrected chi connectivity index (χ1v) is 5.82. The molecule has 1 aromatic carbocycles. The van der Waals surface area contributed by atoms with E-state index in [9.17, 15) is 0 Å². The number of likely N-dealkylation sites (tertiary alicyclic amines) is 1. The van der Waals surface area contributed by atoms with Crippen molar-refractivity contribution >= 4 is 12.4 Å². The van der Waals surface area contributed by atoms with E-state index in [0.717, 1.165) is 26.1 Å². The van der Waals surface area contributed by atoms with Gasteiger partial charge < -0.3 is 10.5 Å². The Labute approximate surface area is 109 Å². The Kier molecular flexibility index (Phi) is 5.92. The second-order valence-corrected chi connectivity index (χ2v) is 4.54. The summed E-state index contributed by atoms with van der Waals surface area (Å²) in [6.45, 7) is 3.84. The number of hydrogen-bond donors (Lipinski definition) is 1. The molecule has 2 N–H and O–H groups in total. The lowest BCUT2D eigenvalue weighted by Gasteiger charge is -2.15. The highest BCUT2D eigenvalue weighted by atomic mass is 35.5. The average molecular weight is 257 g/mol. The van der Waals surface area contributed by atoms with Crippen molar-refractivity contribution < 1.29 is 4.74 Å². The van der Waals surface area contributed by atoms with Crippen molar-refractivity contribution in [3.63, 3.8) is 0 Å². The van der Waals surface area contributed by atoms with E-state index in [2.05, 4.69) is 29.2 Å². The summed E-state index contributed by atoms with van der Waals surface area (Å²) in [7, 11) is 1.73. The average Bonchev–Trinajstić information content (AvgIpc) is 2.65. The van der Waals surface area contributed by atoms with Crippen LogP contribution in [0.15, 0.2) is 24.3 Å². The van der Waals surface area contributed by atoms with Gasteiger partial charge in [-0.2, -0.15) is 0 Å². The van der Waals surface area contributed by atoms with Crippen LogP contribution in [0.5, 0.6) is 0 Å². The zero-order valence-corrected chi connectivity index (χ0v) is 11.1. The minimum atomic E-state index is 0. The summed E-state index contributed by atoms with van der Waals surface area (Å²) in [4.78, 5) is 2.41. The Morgan fingerprint density at radius 3 is 2.82 bits per heavy atom. The molecule has 1 fully saturated rings. The van der Waals surface area contributed by atoms with Crippen LogP contribution in [0.25, 0.3) is 0 Å². The molecule has 0 aliphatic carbocycles. The minimum absolute atomic E-state index is 0.